The van der Waals surface area contributed by atoms with Crippen molar-refractivity contribution in [2.45, 2.75) is 32.2 Å². The average Bonchev–Trinajstić information content (AvgIpc) is 3.21. The molecule has 1 aliphatic rings. The zero-order valence-electron chi connectivity index (χ0n) is 13.8. The number of aromatic nitrogens is 2. The lowest BCUT2D eigenvalue weighted by atomic mass is 10.1. The molecular formula is C18H20N4O2. The molecule has 1 fully saturated rings. The van der Waals surface area contributed by atoms with Crippen LogP contribution < -0.4 is 10.1 Å². The van der Waals surface area contributed by atoms with Crippen LogP contribution in [0.3, 0.4) is 0 Å². The van der Waals surface area contributed by atoms with E-state index in [1.54, 1.807) is 7.11 Å². The Hall–Kier alpha value is -2.81. The van der Waals surface area contributed by atoms with Crippen LogP contribution in [0.5, 0.6) is 5.75 Å². The summed E-state index contributed by atoms with van der Waals surface area (Å²) in [6, 6.07) is 9.85. The van der Waals surface area contributed by atoms with Crippen molar-refractivity contribution < 1.29 is 9.53 Å². The lowest BCUT2D eigenvalue weighted by molar-refractivity contribution is 0.0932. The summed E-state index contributed by atoms with van der Waals surface area (Å²) in [5.74, 6) is 1.23. The molecule has 2 atom stereocenters. The van der Waals surface area contributed by atoms with E-state index >= 15 is 0 Å². The molecule has 6 nitrogen and oxygen atoms in total. The third-order valence-corrected chi connectivity index (χ3v) is 4.39. The molecule has 0 spiro atoms. The number of methoxy groups -OCH3 is 1. The number of rotatable bonds is 4. The molecule has 6 heteroatoms. The summed E-state index contributed by atoms with van der Waals surface area (Å²) < 4.78 is 5.22. The molecule has 1 aliphatic carbocycles. The minimum atomic E-state index is -0.193. The van der Waals surface area contributed by atoms with Gasteiger partial charge in [0.25, 0.3) is 5.91 Å². The fourth-order valence-corrected chi connectivity index (χ4v) is 3.07. The maximum Gasteiger partial charge on any atom is 0.271 e. The molecule has 0 unspecified atom stereocenters. The van der Waals surface area contributed by atoms with Crippen molar-refractivity contribution in [1.82, 2.24) is 15.3 Å². The highest BCUT2D eigenvalue weighted by Gasteiger charge is 2.27. The van der Waals surface area contributed by atoms with Crippen LogP contribution in [0.4, 0.5) is 0 Å². The number of imidazole rings is 1. The Balaban J connectivity index is 1.76. The van der Waals surface area contributed by atoms with Crippen LogP contribution in [0.25, 0.3) is 11.4 Å². The van der Waals surface area contributed by atoms with Crippen LogP contribution in [0, 0.1) is 24.2 Å². The maximum absolute atomic E-state index is 12.5. The Morgan fingerprint density at radius 3 is 3.00 bits per heavy atom. The fourth-order valence-electron chi connectivity index (χ4n) is 3.07. The van der Waals surface area contributed by atoms with Crippen LogP contribution in [-0.4, -0.2) is 29.0 Å². The lowest BCUT2D eigenvalue weighted by Crippen LogP contribution is -2.33. The number of nitriles is 1. The third kappa shape index (κ3) is 3.25. The third-order valence-electron chi connectivity index (χ3n) is 4.39. The average molecular weight is 324 g/mol. The zero-order chi connectivity index (χ0) is 17.1. The maximum atomic E-state index is 12.5. The highest BCUT2D eigenvalue weighted by Crippen LogP contribution is 2.26. The van der Waals surface area contributed by atoms with Gasteiger partial charge in [-0.2, -0.15) is 5.26 Å². The van der Waals surface area contributed by atoms with Crippen molar-refractivity contribution in [1.29, 1.82) is 5.26 Å². The Bertz CT molecular complexity index is 791. The van der Waals surface area contributed by atoms with E-state index in [1.807, 2.05) is 31.2 Å². The van der Waals surface area contributed by atoms with Crippen molar-refractivity contribution in [3.05, 3.63) is 35.7 Å². The second kappa shape index (κ2) is 6.75. The number of amides is 1. The standard InChI is InChI=1S/C18H20N4O2/c1-11-16(18(23)21-14-7-6-12(8-14)10-19)22-17(20-11)13-4-3-5-15(9-13)24-2/h3-5,9,12,14H,6-8H2,1-2H3,(H,20,22)(H,21,23)/t12-,14+/m1/s1. The minimum absolute atomic E-state index is 0.0444. The van der Waals surface area contributed by atoms with Gasteiger partial charge >= 0.3 is 0 Å². The van der Waals surface area contributed by atoms with Gasteiger partial charge in [-0.05, 0) is 38.3 Å². The molecule has 1 heterocycles. The monoisotopic (exact) mass is 324 g/mol. The quantitative estimate of drug-likeness (QED) is 0.904. The van der Waals surface area contributed by atoms with Gasteiger partial charge < -0.3 is 15.0 Å². The van der Waals surface area contributed by atoms with Crippen LogP contribution in [0.2, 0.25) is 0 Å². The van der Waals surface area contributed by atoms with Crippen LogP contribution in [0.1, 0.15) is 35.4 Å². The van der Waals surface area contributed by atoms with E-state index in [1.165, 1.54) is 0 Å². The van der Waals surface area contributed by atoms with E-state index in [2.05, 4.69) is 21.4 Å². The number of H-pyrrole nitrogens is 1. The van der Waals surface area contributed by atoms with Gasteiger partial charge in [0.1, 0.15) is 17.3 Å². The fraction of sp³-hybridized carbons (Fsp3) is 0.389. The topological polar surface area (TPSA) is 90.8 Å². The molecule has 1 aromatic heterocycles. The first-order chi connectivity index (χ1) is 11.6. The molecule has 0 saturated heterocycles. The Labute approximate surface area is 140 Å². The Kier molecular flexibility index (Phi) is 4.52. The largest absolute Gasteiger partial charge is 0.497 e. The minimum Gasteiger partial charge on any atom is -0.497 e. The van der Waals surface area contributed by atoms with Gasteiger partial charge in [0.15, 0.2) is 0 Å². The first-order valence-electron chi connectivity index (χ1n) is 8.02. The number of hydrogen-bond donors (Lipinski definition) is 2. The second-order valence-corrected chi connectivity index (χ2v) is 6.10. The highest BCUT2D eigenvalue weighted by molar-refractivity contribution is 5.94. The molecule has 0 aliphatic heterocycles. The molecular weight excluding hydrogens is 304 g/mol. The SMILES string of the molecule is COc1cccc(-c2nc(C(=O)N[C@H]3CC[C@@H](C#N)C3)c(C)[nH]2)c1. The first-order valence-corrected chi connectivity index (χ1v) is 8.02. The molecule has 3 rings (SSSR count). The summed E-state index contributed by atoms with van der Waals surface area (Å²) in [5.41, 5.74) is 1.98. The number of aryl methyl sites for hydroxylation is 1. The summed E-state index contributed by atoms with van der Waals surface area (Å²) in [7, 11) is 1.61. The summed E-state index contributed by atoms with van der Waals surface area (Å²) in [6.45, 7) is 1.83. The van der Waals surface area contributed by atoms with Gasteiger partial charge in [-0.3, -0.25) is 4.79 Å². The zero-order valence-corrected chi connectivity index (χ0v) is 13.8. The highest BCUT2D eigenvalue weighted by atomic mass is 16.5. The molecule has 1 saturated carbocycles. The van der Waals surface area contributed by atoms with E-state index < -0.39 is 0 Å². The number of carbonyl (C=O) groups is 1. The predicted molar refractivity (Wildman–Crippen MR) is 89.5 cm³/mol. The number of benzene rings is 1. The van der Waals surface area contributed by atoms with Crippen molar-refractivity contribution in [3.8, 4) is 23.2 Å². The molecule has 1 aromatic carbocycles. The van der Waals surface area contributed by atoms with E-state index in [9.17, 15) is 4.79 Å². The summed E-state index contributed by atoms with van der Waals surface area (Å²) in [6.07, 6.45) is 2.40. The molecule has 0 bridgehead atoms. The van der Waals surface area contributed by atoms with Crippen molar-refractivity contribution in [2.75, 3.05) is 7.11 Å². The van der Waals surface area contributed by atoms with Gasteiger partial charge in [0.05, 0.1) is 13.2 Å². The van der Waals surface area contributed by atoms with E-state index in [-0.39, 0.29) is 17.9 Å². The van der Waals surface area contributed by atoms with E-state index in [4.69, 9.17) is 10.00 Å². The first kappa shape index (κ1) is 16.1. The van der Waals surface area contributed by atoms with Crippen LogP contribution in [0.15, 0.2) is 24.3 Å². The molecule has 0 radical (unpaired) electrons. The number of nitrogens with zero attached hydrogens (tertiary/aromatic N) is 2. The van der Waals surface area contributed by atoms with Gasteiger partial charge in [-0.1, -0.05) is 12.1 Å². The van der Waals surface area contributed by atoms with E-state index in [0.29, 0.717) is 17.9 Å². The van der Waals surface area contributed by atoms with Gasteiger partial charge in [-0.15, -0.1) is 0 Å². The van der Waals surface area contributed by atoms with Crippen molar-refractivity contribution in [2.24, 2.45) is 5.92 Å². The van der Waals surface area contributed by atoms with Crippen molar-refractivity contribution >= 4 is 5.91 Å². The number of hydrogen-bond acceptors (Lipinski definition) is 4. The van der Waals surface area contributed by atoms with Crippen LogP contribution >= 0.6 is 0 Å². The number of carbonyl (C=O) groups excluding carboxylic acids is 1. The molecule has 1 amide bonds. The normalized spacial score (nSPS) is 19.7. The smallest absolute Gasteiger partial charge is 0.271 e. The second-order valence-electron chi connectivity index (χ2n) is 6.10. The number of ether oxygens (including phenoxy) is 1. The Morgan fingerprint density at radius 1 is 1.46 bits per heavy atom. The van der Waals surface area contributed by atoms with Gasteiger partial charge in [-0.25, -0.2) is 4.98 Å². The molecule has 24 heavy (non-hydrogen) atoms. The Morgan fingerprint density at radius 2 is 2.29 bits per heavy atom. The van der Waals surface area contributed by atoms with E-state index in [0.717, 1.165) is 29.8 Å². The molecule has 2 N–H and O–H groups in total. The lowest BCUT2D eigenvalue weighted by Gasteiger charge is -2.10. The summed E-state index contributed by atoms with van der Waals surface area (Å²) in [4.78, 5) is 20.1. The van der Waals surface area contributed by atoms with Gasteiger partial charge in [0, 0.05) is 23.2 Å². The van der Waals surface area contributed by atoms with Gasteiger partial charge in [0.2, 0.25) is 0 Å². The summed E-state index contributed by atoms with van der Waals surface area (Å²) in [5, 5.41) is 12.0. The summed E-state index contributed by atoms with van der Waals surface area (Å²) >= 11 is 0. The predicted octanol–water partition coefficient (Wildman–Crippen LogP) is 2.82. The molecule has 124 valence electrons. The number of aromatic amines is 1. The van der Waals surface area contributed by atoms with Crippen molar-refractivity contribution in [3.63, 3.8) is 0 Å². The molecule has 2 aromatic rings. The number of nitrogens with one attached hydrogen (secondary N) is 2. The van der Waals surface area contributed by atoms with Crippen LogP contribution in [-0.2, 0) is 0 Å².